The molecule has 1 aliphatic heterocycles. The molecule has 0 saturated heterocycles. The van der Waals surface area contributed by atoms with Gasteiger partial charge in [0.05, 0.1) is 0 Å². The van der Waals surface area contributed by atoms with E-state index in [2.05, 4.69) is 28.0 Å². The Labute approximate surface area is 59.1 Å². The average molecular weight is 135 g/mol. The normalized spacial score (nSPS) is 15.6. The number of nitrogens with one attached hydrogen (secondary N) is 3. The summed E-state index contributed by atoms with van der Waals surface area (Å²) in [6, 6.07) is 2.03. The summed E-state index contributed by atoms with van der Waals surface area (Å²) in [5.41, 5.74) is 7.26. The second-order valence-electron chi connectivity index (χ2n) is 2.22. The maximum Gasteiger partial charge on any atom is 0.125 e. The Bertz CT molecular complexity index is 249. The van der Waals surface area contributed by atoms with Gasteiger partial charge in [-0.3, -0.25) is 0 Å². The zero-order valence-electron chi connectivity index (χ0n) is 5.52. The Hall–Kier alpha value is -1.22. The molecule has 0 aromatic carbocycles. The predicted molar refractivity (Wildman–Crippen MR) is 41.5 cm³/mol. The molecule has 0 unspecified atom stereocenters. The third-order valence-corrected chi connectivity index (χ3v) is 1.51. The summed E-state index contributed by atoms with van der Waals surface area (Å²) < 4.78 is 0. The fourth-order valence-corrected chi connectivity index (χ4v) is 1.01. The summed E-state index contributed by atoms with van der Waals surface area (Å²) in [5.74, 6) is 1.04. The number of hydrogen-bond acceptors (Lipinski definition) is 2. The van der Waals surface area contributed by atoms with E-state index in [1.165, 1.54) is 5.56 Å². The van der Waals surface area contributed by atoms with E-state index < -0.39 is 0 Å². The molecule has 1 aromatic heterocycles. The van der Waals surface area contributed by atoms with Gasteiger partial charge in [0.1, 0.15) is 5.82 Å². The first-order valence-corrected chi connectivity index (χ1v) is 3.29. The van der Waals surface area contributed by atoms with E-state index in [4.69, 9.17) is 0 Å². The minimum atomic E-state index is 0.864. The van der Waals surface area contributed by atoms with Crippen LogP contribution in [0, 0.1) is 0 Å². The molecular formula is C7H9N3. The van der Waals surface area contributed by atoms with Gasteiger partial charge in [-0.25, -0.2) is 5.43 Å². The maximum absolute atomic E-state index is 3.07. The molecule has 2 rings (SSSR count). The average Bonchev–Trinajstić information content (AvgIpc) is 2.28. The fourth-order valence-electron chi connectivity index (χ4n) is 1.01. The minimum absolute atomic E-state index is 0.864. The Morgan fingerprint density at radius 1 is 1.40 bits per heavy atom. The fraction of sp³-hybridized carbons (Fsp3) is 0.143. The van der Waals surface area contributed by atoms with Crippen molar-refractivity contribution in [3.05, 3.63) is 23.9 Å². The number of hydrogen-bond donors (Lipinski definition) is 3. The van der Waals surface area contributed by atoms with Crippen LogP contribution in [0.4, 0.5) is 5.82 Å². The monoisotopic (exact) mass is 135 g/mol. The van der Waals surface area contributed by atoms with Gasteiger partial charge in [-0.2, -0.15) is 0 Å². The highest BCUT2D eigenvalue weighted by Crippen LogP contribution is 2.14. The largest absolute Gasteiger partial charge is 0.347 e. The lowest BCUT2D eigenvalue weighted by atomic mass is 10.3. The van der Waals surface area contributed by atoms with Crippen molar-refractivity contribution in [2.24, 2.45) is 0 Å². The van der Waals surface area contributed by atoms with Gasteiger partial charge in [-0.05, 0) is 6.07 Å². The van der Waals surface area contributed by atoms with Crippen molar-refractivity contribution < 1.29 is 0 Å². The Balaban J connectivity index is 2.42. The number of hydrazine groups is 1. The molecule has 0 radical (unpaired) electrons. The van der Waals surface area contributed by atoms with Crippen LogP contribution in [0.15, 0.2) is 18.3 Å². The van der Waals surface area contributed by atoms with Crippen LogP contribution in [0.3, 0.4) is 0 Å². The quantitative estimate of drug-likeness (QED) is 0.496. The third kappa shape index (κ3) is 0.804. The van der Waals surface area contributed by atoms with Crippen LogP contribution in [0.5, 0.6) is 0 Å². The number of rotatable bonds is 0. The molecule has 0 atom stereocenters. The van der Waals surface area contributed by atoms with Crippen molar-refractivity contribution >= 4 is 11.9 Å². The number of H-pyrrole nitrogens is 1. The third-order valence-electron chi connectivity index (χ3n) is 1.51. The van der Waals surface area contributed by atoms with E-state index in [9.17, 15) is 0 Å². The van der Waals surface area contributed by atoms with E-state index in [0.29, 0.717) is 0 Å². The molecular weight excluding hydrogens is 126 g/mol. The van der Waals surface area contributed by atoms with E-state index in [1.807, 2.05) is 12.3 Å². The molecule has 3 nitrogen and oxygen atoms in total. The number of aromatic nitrogens is 1. The Morgan fingerprint density at radius 2 is 2.40 bits per heavy atom. The lowest BCUT2D eigenvalue weighted by molar-refractivity contribution is 0.894. The van der Waals surface area contributed by atoms with E-state index in [0.717, 1.165) is 12.4 Å². The Kier molecular flexibility index (Phi) is 1.22. The summed E-state index contributed by atoms with van der Waals surface area (Å²) in [5, 5.41) is 0. The standard InChI is InChI=1S/C7H9N3/c1-2-6-3-5-8-7(6)10-9-4-1/h1-3,5,8-10H,4H2. The second-order valence-corrected chi connectivity index (χ2v) is 2.22. The van der Waals surface area contributed by atoms with Gasteiger partial charge in [-0.15, -0.1) is 0 Å². The first kappa shape index (κ1) is 5.56. The van der Waals surface area contributed by atoms with Gasteiger partial charge in [0.2, 0.25) is 0 Å². The molecule has 1 aromatic rings. The molecule has 0 spiro atoms. The van der Waals surface area contributed by atoms with E-state index >= 15 is 0 Å². The summed E-state index contributed by atoms with van der Waals surface area (Å²) in [6.45, 7) is 0.864. The van der Waals surface area contributed by atoms with Gasteiger partial charge in [0, 0.05) is 18.3 Å². The summed E-state index contributed by atoms with van der Waals surface area (Å²) >= 11 is 0. The SMILES string of the molecule is C1=Cc2cc[nH]c2NNC1. The van der Waals surface area contributed by atoms with Crippen LogP contribution in [-0.2, 0) is 0 Å². The highest BCUT2D eigenvalue weighted by molar-refractivity contribution is 5.64. The molecule has 3 N–H and O–H groups in total. The van der Waals surface area contributed by atoms with Crippen molar-refractivity contribution in [3.63, 3.8) is 0 Å². The number of fused-ring (bicyclic) bond motifs is 1. The van der Waals surface area contributed by atoms with Crippen molar-refractivity contribution in [2.45, 2.75) is 0 Å². The smallest absolute Gasteiger partial charge is 0.125 e. The maximum atomic E-state index is 3.07. The molecule has 10 heavy (non-hydrogen) atoms. The highest BCUT2D eigenvalue weighted by atomic mass is 15.4. The van der Waals surface area contributed by atoms with E-state index in [-0.39, 0.29) is 0 Å². The van der Waals surface area contributed by atoms with E-state index in [1.54, 1.807) is 0 Å². The molecule has 0 saturated carbocycles. The number of aromatic amines is 1. The lowest BCUT2D eigenvalue weighted by Crippen LogP contribution is -2.20. The summed E-state index contributed by atoms with van der Waals surface area (Å²) in [4.78, 5) is 3.07. The molecule has 2 heterocycles. The molecule has 0 fully saturated rings. The van der Waals surface area contributed by atoms with Crippen molar-refractivity contribution in [1.29, 1.82) is 0 Å². The van der Waals surface area contributed by atoms with Gasteiger partial charge < -0.3 is 10.4 Å². The molecule has 1 aliphatic rings. The second kappa shape index (κ2) is 2.19. The van der Waals surface area contributed by atoms with Crippen molar-refractivity contribution in [3.8, 4) is 0 Å². The predicted octanol–water partition coefficient (Wildman–Crippen LogP) is 0.958. The Morgan fingerprint density at radius 3 is 3.40 bits per heavy atom. The first-order chi connectivity index (χ1) is 4.97. The molecule has 52 valence electrons. The topological polar surface area (TPSA) is 39.9 Å². The number of anilines is 1. The van der Waals surface area contributed by atoms with Gasteiger partial charge >= 0.3 is 0 Å². The molecule has 0 amide bonds. The summed E-state index contributed by atoms with van der Waals surface area (Å²) in [7, 11) is 0. The molecule has 0 aliphatic carbocycles. The van der Waals surface area contributed by atoms with Gasteiger partial charge in [0.25, 0.3) is 0 Å². The van der Waals surface area contributed by atoms with Crippen LogP contribution in [-0.4, -0.2) is 11.5 Å². The van der Waals surface area contributed by atoms with Gasteiger partial charge in [0.15, 0.2) is 0 Å². The molecule has 3 heteroatoms. The minimum Gasteiger partial charge on any atom is -0.347 e. The van der Waals surface area contributed by atoms with Crippen LogP contribution >= 0.6 is 0 Å². The zero-order chi connectivity index (χ0) is 6.81. The van der Waals surface area contributed by atoms with Crippen LogP contribution in [0.25, 0.3) is 6.08 Å². The first-order valence-electron chi connectivity index (χ1n) is 3.29. The van der Waals surface area contributed by atoms with Gasteiger partial charge in [-0.1, -0.05) is 12.2 Å². The van der Waals surface area contributed by atoms with Crippen LogP contribution in [0.1, 0.15) is 5.56 Å². The summed E-state index contributed by atoms with van der Waals surface area (Å²) in [6.07, 6.45) is 6.07. The highest BCUT2D eigenvalue weighted by Gasteiger charge is 2.00. The molecule has 0 bridgehead atoms. The van der Waals surface area contributed by atoms with Crippen molar-refractivity contribution in [2.75, 3.05) is 12.0 Å². The lowest BCUT2D eigenvalue weighted by Gasteiger charge is -2.00. The van der Waals surface area contributed by atoms with Crippen LogP contribution in [0.2, 0.25) is 0 Å². The van der Waals surface area contributed by atoms with Crippen LogP contribution < -0.4 is 10.9 Å². The zero-order valence-corrected chi connectivity index (χ0v) is 5.52. The van der Waals surface area contributed by atoms with Crippen molar-refractivity contribution in [1.82, 2.24) is 10.4 Å².